The lowest BCUT2D eigenvalue weighted by Gasteiger charge is -2.19. The highest BCUT2D eigenvalue weighted by Crippen LogP contribution is 2.40. The number of benzene rings is 1. The number of rotatable bonds is 2. The lowest BCUT2D eigenvalue weighted by molar-refractivity contribution is -0.0590. The minimum atomic E-state index is -0.422. The summed E-state index contributed by atoms with van der Waals surface area (Å²) in [6, 6.07) is 5.64. The van der Waals surface area contributed by atoms with E-state index in [4.69, 9.17) is 9.57 Å². The molecule has 0 fully saturated rings. The molecule has 104 valence electrons. The van der Waals surface area contributed by atoms with E-state index in [0.717, 1.165) is 5.56 Å². The van der Waals surface area contributed by atoms with Gasteiger partial charge in [-0.05, 0) is 33.8 Å². The van der Waals surface area contributed by atoms with E-state index in [9.17, 15) is 4.79 Å². The third-order valence-corrected chi connectivity index (χ3v) is 3.24. The van der Waals surface area contributed by atoms with Crippen molar-refractivity contribution >= 4 is 5.91 Å². The largest absolute Gasteiger partial charge is 0.489 e. The quantitative estimate of drug-likeness (QED) is 0.834. The van der Waals surface area contributed by atoms with Crippen molar-refractivity contribution in [1.82, 2.24) is 5.48 Å². The van der Waals surface area contributed by atoms with E-state index >= 15 is 0 Å². The average molecular weight is 263 g/mol. The second kappa shape index (κ2) is 4.85. The Labute approximate surface area is 114 Å². The number of hydrogen-bond donors (Lipinski definition) is 1. The second-order valence-electron chi connectivity index (χ2n) is 5.98. The average Bonchev–Trinajstić information content (AvgIpc) is 2.62. The van der Waals surface area contributed by atoms with Gasteiger partial charge < -0.3 is 4.74 Å². The summed E-state index contributed by atoms with van der Waals surface area (Å²) in [5.74, 6) is 0.705. The number of nitrogens with one attached hydrogen (secondary N) is 1. The van der Waals surface area contributed by atoms with Gasteiger partial charge in [-0.3, -0.25) is 9.63 Å². The first-order valence-electron chi connectivity index (χ1n) is 6.57. The number of hydroxylamine groups is 1. The van der Waals surface area contributed by atoms with Gasteiger partial charge in [0, 0.05) is 11.5 Å². The Balaban J connectivity index is 2.21. The summed E-state index contributed by atoms with van der Waals surface area (Å²) in [5.41, 5.74) is 3.66. The Morgan fingerprint density at radius 3 is 2.63 bits per heavy atom. The molecule has 1 aromatic carbocycles. The predicted molar refractivity (Wildman–Crippen MR) is 73.3 cm³/mol. The third-order valence-electron chi connectivity index (χ3n) is 3.24. The van der Waals surface area contributed by atoms with Gasteiger partial charge >= 0.3 is 0 Å². The monoisotopic (exact) mass is 263 g/mol. The van der Waals surface area contributed by atoms with Crippen LogP contribution in [0.25, 0.3) is 0 Å². The van der Waals surface area contributed by atoms with E-state index in [1.807, 2.05) is 39.8 Å². The van der Waals surface area contributed by atoms with Crippen LogP contribution in [0, 0.1) is 0 Å². The Hall–Kier alpha value is -1.55. The van der Waals surface area contributed by atoms with Gasteiger partial charge in [0.1, 0.15) is 11.9 Å². The summed E-state index contributed by atoms with van der Waals surface area (Å²) in [5, 5.41) is 0. The number of hydrogen-bond acceptors (Lipinski definition) is 3. The minimum Gasteiger partial charge on any atom is -0.489 e. The van der Waals surface area contributed by atoms with E-state index in [2.05, 4.69) is 12.4 Å². The van der Waals surface area contributed by atoms with Crippen LogP contribution in [0.4, 0.5) is 0 Å². The number of para-hydroxylation sites is 1. The highest BCUT2D eigenvalue weighted by Gasteiger charge is 2.31. The van der Waals surface area contributed by atoms with Crippen LogP contribution < -0.4 is 10.2 Å². The van der Waals surface area contributed by atoms with Gasteiger partial charge in [0.25, 0.3) is 5.91 Å². The molecule has 1 aromatic rings. The molecule has 0 spiro atoms. The zero-order chi connectivity index (χ0) is 14.2. The molecular weight excluding hydrogens is 242 g/mol. The number of carbonyl (C=O) groups excluding carboxylic acids is 1. The normalized spacial score (nSPS) is 21.7. The molecule has 2 rings (SSSR count). The SMILES string of the molecule is CC1Oc2c(C(=O)NOC(C)(C)C)cccc2C1C. The molecule has 0 aromatic heterocycles. The van der Waals surface area contributed by atoms with E-state index < -0.39 is 5.60 Å². The molecule has 0 bridgehead atoms. The van der Waals surface area contributed by atoms with Crippen molar-refractivity contribution in [2.24, 2.45) is 0 Å². The minimum absolute atomic E-state index is 0.0903. The van der Waals surface area contributed by atoms with Crippen LogP contribution in [-0.4, -0.2) is 17.6 Å². The zero-order valence-corrected chi connectivity index (χ0v) is 12.1. The molecule has 1 amide bonds. The first-order valence-corrected chi connectivity index (χ1v) is 6.57. The fourth-order valence-corrected chi connectivity index (χ4v) is 2.02. The Morgan fingerprint density at radius 1 is 1.32 bits per heavy atom. The molecule has 1 aliphatic rings. The summed E-state index contributed by atoms with van der Waals surface area (Å²) < 4.78 is 5.79. The molecule has 4 nitrogen and oxygen atoms in total. The Morgan fingerprint density at radius 2 is 2.00 bits per heavy atom. The van der Waals surface area contributed by atoms with Gasteiger partial charge in [0.2, 0.25) is 0 Å². The summed E-state index contributed by atoms with van der Waals surface area (Å²) >= 11 is 0. The second-order valence-corrected chi connectivity index (χ2v) is 5.98. The van der Waals surface area contributed by atoms with Crippen LogP contribution in [-0.2, 0) is 4.84 Å². The van der Waals surface area contributed by atoms with Crippen molar-refractivity contribution in [3.05, 3.63) is 29.3 Å². The maximum atomic E-state index is 12.1. The van der Waals surface area contributed by atoms with Crippen LogP contribution >= 0.6 is 0 Å². The smallest absolute Gasteiger partial charge is 0.278 e. The van der Waals surface area contributed by atoms with Crippen LogP contribution in [0.1, 0.15) is 56.5 Å². The molecule has 0 radical (unpaired) electrons. The van der Waals surface area contributed by atoms with Crippen molar-refractivity contribution in [3.63, 3.8) is 0 Å². The summed E-state index contributed by atoms with van der Waals surface area (Å²) in [6.45, 7) is 9.75. The predicted octanol–water partition coefficient (Wildman–Crippen LogP) is 3.03. The first kappa shape index (κ1) is 13.9. The molecule has 19 heavy (non-hydrogen) atoms. The molecule has 4 heteroatoms. The molecule has 2 unspecified atom stereocenters. The van der Waals surface area contributed by atoms with E-state index in [1.54, 1.807) is 6.07 Å². The number of amides is 1. The van der Waals surface area contributed by atoms with Crippen LogP contribution in [0.5, 0.6) is 5.75 Å². The fraction of sp³-hybridized carbons (Fsp3) is 0.533. The van der Waals surface area contributed by atoms with Gasteiger partial charge in [-0.1, -0.05) is 19.1 Å². The fourth-order valence-electron chi connectivity index (χ4n) is 2.02. The lowest BCUT2D eigenvalue weighted by atomic mass is 9.97. The van der Waals surface area contributed by atoms with Crippen molar-refractivity contribution in [1.29, 1.82) is 0 Å². The van der Waals surface area contributed by atoms with E-state index in [1.165, 1.54) is 0 Å². The maximum absolute atomic E-state index is 12.1. The van der Waals surface area contributed by atoms with Crippen LogP contribution in [0.15, 0.2) is 18.2 Å². The topological polar surface area (TPSA) is 47.6 Å². The number of carbonyl (C=O) groups is 1. The van der Waals surface area contributed by atoms with E-state index in [-0.39, 0.29) is 12.0 Å². The highest BCUT2D eigenvalue weighted by atomic mass is 16.7. The molecule has 2 atom stereocenters. The molecule has 1 aliphatic heterocycles. The van der Waals surface area contributed by atoms with Crippen LogP contribution in [0.3, 0.4) is 0 Å². The van der Waals surface area contributed by atoms with Gasteiger partial charge in [0.15, 0.2) is 0 Å². The Bertz CT molecular complexity index is 491. The van der Waals surface area contributed by atoms with E-state index in [0.29, 0.717) is 17.2 Å². The van der Waals surface area contributed by atoms with Crippen molar-refractivity contribution in [3.8, 4) is 5.75 Å². The Kier molecular flexibility index (Phi) is 3.54. The maximum Gasteiger partial charge on any atom is 0.278 e. The molecule has 0 saturated heterocycles. The third kappa shape index (κ3) is 2.89. The lowest BCUT2D eigenvalue weighted by Crippen LogP contribution is -2.33. The molecule has 0 saturated carbocycles. The number of fused-ring (bicyclic) bond motifs is 1. The van der Waals surface area contributed by atoms with Gasteiger partial charge in [-0.25, -0.2) is 5.48 Å². The molecule has 1 heterocycles. The summed E-state index contributed by atoms with van der Waals surface area (Å²) in [4.78, 5) is 17.5. The van der Waals surface area contributed by atoms with Crippen LogP contribution in [0.2, 0.25) is 0 Å². The molecular formula is C15H21NO3. The summed E-state index contributed by atoms with van der Waals surface area (Å²) in [7, 11) is 0. The van der Waals surface area contributed by atoms with Gasteiger partial charge in [-0.15, -0.1) is 0 Å². The van der Waals surface area contributed by atoms with Gasteiger partial charge in [-0.2, -0.15) is 0 Å². The first-order chi connectivity index (χ1) is 8.79. The zero-order valence-electron chi connectivity index (χ0n) is 12.1. The van der Waals surface area contributed by atoms with Crippen molar-refractivity contribution in [2.75, 3.05) is 0 Å². The van der Waals surface area contributed by atoms with Gasteiger partial charge in [0.05, 0.1) is 11.2 Å². The number of ether oxygens (including phenoxy) is 1. The standard InChI is InChI=1S/C15H21NO3/c1-9-10(2)18-13-11(9)7-6-8-12(13)14(17)16-19-15(3,4)5/h6-10H,1-5H3,(H,16,17). The molecule has 0 aliphatic carbocycles. The van der Waals surface area contributed by atoms with Crippen molar-refractivity contribution in [2.45, 2.75) is 52.2 Å². The highest BCUT2D eigenvalue weighted by molar-refractivity contribution is 5.97. The van der Waals surface area contributed by atoms with Crippen molar-refractivity contribution < 1.29 is 14.4 Å². The molecule has 1 N–H and O–H groups in total. The summed E-state index contributed by atoms with van der Waals surface area (Å²) in [6.07, 6.45) is 0.0903.